The van der Waals surface area contributed by atoms with Crippen molar-refractivity contribution in [3.63, 3.8) is 0 Å². The maximum Gasteiger partial charge on any atom is 0.508 e. The first-order valence-corrected chi connectivity index (χ1v) is 5.61. The molecular weight excluding hydrogens is 236 g/mol. The van der Waals surface area contributed by atoms with Crippen molar-refractivity contribution in [3.05, 3.63) is 35.9 Å². The van der Waals surface area contributed by atoms with Crippen LogP contribution in [0.1, 0.15) is 12.5 Å². The molecule has 0 bridgehead atoms. The number of esters is 1. The molecule has 0 unspecified atom stereocenters. The fourth-order valence-corrected chi connectivity index (χ4v) is 1.53. The Hall–Kier alpha value is -2.04. The van der Waals surface area contributed by atoms with E-state index in [9.17, 15) is 9.59 Å². The normalized spacial score (nSPS) is 17.5. The fraction of sp³-hybridized carbons (Fsp3) is 0.385. The molecule has 0 aromatic heterocycles. The second-order valence-electron chi connectivity index (χ2n) is 4.45. The summed E-state index contributed by atoms with van der Waals surface area (Å²) in [6.45, 7) is 1.81. The van der Waals surface area contributed by atoms with E-state index in [0.29, 0.717) is 0 Å². The molecule has 1 aliphatic rings. The van der Waals surface area contributed by atoms with E-state index >= 15 is 0 Å². The first kappa shape index (κ1) is 12.4. The van der Waals surface area contributed by atoms with Crippen molar-refractivity contribution >= 4 is 12.1 Å². The van der Waals surface area contributed by atoms with Gasteiger partial charge in [0, 0.05) is 0 Å². The lowest BCUT2D eigenvalue weighted by Gasteiger charge is -2.29. The van der Waals surface area contributed by atoms with Gasteiger partial charge in [0.25, 0.3) is 0 Å². The van der Waals surface area contributed by atoms with Crippen LogP contribution in [0.4, 0.5) is 4.79 Å². The van der Waals surface area contributed by atoms with E-state index in [2.05, 4.69) is 0 Å². The third-order valence-electron chi connectivity index (χ3n) is 2.72. The van der Waals surface area contributed by atoms with Gasteiger partial charge in [-0.3, -0.25) is 4.79 Å². The molecule has 1 aliphatic heterocycles. The highest BCUT2D eigenvalue weighted by molar-refractivity contribution is 5.78. The lowest BCUT2D eigenvalue weighted by atomic mass is 9.93. The Balaban J connectivity index is 1.90. The first-order valence-electron chi connectivity index (χ1n) is 5.61. The van der Waals surface area contributed by atoms with Crippen LogP contribution in [-0.2, 0) is 25.6 Å². The molecular formula is C13H14O5. The summed E-state index contributed by atoms with van der Waals surface area (Å²) in [7, 11) is 0. The van der Waals surface area contributed by atoms with E-state index in [1.54, 1.807) is 6.92 Å². The molecule has 1 fully saturated rings. The van der Waals surface area contributed by atoms with Crippen LogP contribution in [0.3, 0.4) is 0 Å². The van der Waals surface area contributed by atoms with Gasteiger partial charge in [-0.25, -0.2) is 4.79 Å². The molecule has 5 nitrogen and oxygen atoms in total. The van der Waals surface area contributed by atoms with Gasteiger partial charge in [0.15, 0.2) is 0 Å². The summed E-state index contributed by atoms with van der Waals surface area (Å²) in [5, 5.41) is 0. The number of ether oxygens (including phenoxy) is 3. The van der Waals surface area contributed by atoms with Crippen molar-refractivity contribution < 1.29 is 23.8 Å². The van der Waals surface area contributed by atoms with Gasteiger partial charge in [0.2, 0.25) is 0 Å². The summed E-state index contributed by atoms with van der Waals surface area (Å²) in [6.07, 6.45) is -0.747. The Morgan fingerprint density at radius 2 is 1.89 bits per heavy atom. The zero-order chi connectivity index (χ0) is 13.0. The molecule has 0 N–H and O–H groups in total. The van der Waals surface area contributed by atoms with Gasteiger partial charge >= 0.3 is 12.1 Å². The Morgan fingerprint density at radius 3 is 2.50 bits per heavy atom. The molecule has 96 valence electrons. The van der Waals surface area contributed by atoms with Gasteiger partial charge in [-0.2, -0.15) is 0 Å². The van der Waals surface area contributed by atoms with Crippen molar-refractivity contribution in [1.82, 2.24) is 0 Å². The molecule has 1 aromatic carbocycles. The van der Waals surface area contributed by atoms with Crippen LogP contribution in [0, 0.1) is 5.41 Å². The van der Waals surface area contributed by atoms with Crippen molar-refractivity contribution in [3.8, 4) is 0 Å². The molecule has 0 saturated carbocycles. The van der Waals surface area contributed by atoms with E-state index in [1.165, 1.54) is 0 Å². The minimum absolute atomic E-state index is 0.0144. The summed E-state index contributed by atoms with van der Waals surface area (Å²) >= 11 is 0. The monoisotopic (exact) mass is 250 g/mol. The van der Waals surface area contributed by atoms with Crippen molar-refractivity contribution in [2.45, 2.75) is 13.5 Å². The molecule has 0 amide bonds. The van der Waals surface area contributed by atoms with E-state index in [-0.39, 0.29) is 19.8 Å². The lowest BCUT2D eigenvalue weighted by molar-refractivity contribution is -0.167. The summed E-state index contributed by atoms with van der Waals surface area (Å²) in [5.41, 5.74) is -0.0222. The average molecular weight is 250 g/mol. The summed E-state index contributed by atoms with van der Waals surface area (Å²) < 4.78 is 14.6. The standard InChI is InChI=1S/C13H14O5/c1-13(8-17-12(15)18-9-13)11(14)16-7-10-5-3-2-4-6-10/h2-6H,7-9H2,1H3. The molecule has 1 saturated heterocycles. The molecule has 0 aliphatic carbocycles. The van der Waals surface area contributed by atoms with E-state index in [1.807, 2.05) is 30.3 Å². The largest absolute Gasteiger partial charge is 0.508 e. The van der Waals surface area contributed by atoms with Crippen molar-refractivity contribution in [2.75, 3.05) is 13.2 Å². The summed E-state index contributed by atoms with van der Waals surface area (Å²) in [6, 6.07) is 9.37. The highest BCUT2D eigenvalue weighted by Crippen LogP contribution is 2.24. The highest BCUT2D eigenvalue weighted by atomic mass is 16.7. The molecule has 18 heavy (non-hydrogen) atoms. The van der Waals surface area contributed by atoms with Gasteiger partial charge in [-0.15, -0.1) is 0 Å². The third kappa shape index (κ3) is 2.80. The van der Waals surface area contributed by atoms with Gasteiger partial charge in [0.05, 0.1) is 0 Å². The fourth-order valence-electron chi connectivity index (χ4n) is 1.53. The van der Waals surface area contributed by atoms with Gasteiger partial charge in [0.1, 0.15) is 25.2 Å². The third-order valence-corrected chi connectivity index (χ3v) is 2.72. The molecule has 0 radical (unpaired) electrons. The van der Waals surface area contributed by atoms with E-state index in [4.69, 9.17) is 14.2 Å². The number of hydrogen-bond acceptors (Lipinski definition) is 5. The zero-order valence-electron chi connectivity index (χ0n) is 10.0. The Kier molecular flexibility index (Phi) is 3.50. The van der Waals surface area contributed by atoms with Crippen LogP contribution in [0.2, 0.25) is 0 Å². The van der Waals surface area contributed by atoms with Crippen molar-refractivity contribution in [2.24, 2.45) is 5.41 Å². The predicted molar refractivity (Wildman–Crippen MR) is 61.6 cm³/mol. The maximum absolute atomic E-state index is 11.9. The number of cyclic esters (lactones) is 2. The average Bonchev–Trinajstić information content (AvgIpc) is 2.41. The summed E-state index contributed by atoms with van der Waals surface area (Å²) in [4.78, 5) is 22.7. The van der Waals surface area contributed by atoms with Crippen LogP contribution in [-0.4, -0.2) is 25.3 Å². The highest BCUT2D eigenvalue weighted by Gasteiger charge is 2.41. The van der Waals surface area contributed by atoms with Crippen LogP contribution < -0.4 is 0 Å². The van der Waals surface area contributed by atoms with Crippen molar-refractivity contribution in [1.29, 1.82) is 0 Å². The van der Waals surface area contributed by atoms with Crippen LogP contribution in [0.25, 0.3) is 0 Å². The molecule has 1 heterocycles. The Morgan fingerprint density at radius 1 is 1.28 bits per heavy atom. The molecule has 5 heteroatoms. The van der Waals surface area contributed by atoms with Gasteiger partial charge < -0.3 is 14.2 Å². The molecule has 0 spiro atoms. The van der Waals surface area contributed by atoms with E-state index in [0.717, 1.165) is 5.56 Å². The smallest absolute Gasteiger partial charge is 0.460 e. The van der Waals surface area contributed by atoms with Gasteiger partial charge in [-0.05, 0) is 12.5 Å². The molecule has 1 aromatic rings. The number of carbonyl (C=O) groups excluding carboxylic acids is 2. The molecule has 2 rings (SSSR count). The second-order valence-corrected chi connectivity index (χ2v) is 4.45. The minimum Gasteiger partial charge on any atom is -0.460 e. The SMILES string of the molecule is CC1(C(=O)OCc2ccccc2)COC(=O)OC1. The predicted octanol–water partition coefficient (Wildman–Crippen LogP) is 1.90. The van der Waals surface area contributed by atoms with E-state index < -0.39 is 17.5 Å². The second kappa shape index (κ2) is 5.08. The number of hydrogen-bond donors (Lipinski definition) is 0. The lowest BCUT2D eigenvalue weighted by Crippen LogP contribution is -2.44. The minimum atomic E-state index is -0.928. The number of carbonyl (C=O) groups is 2. The Labute approximate surface area is 105 Å². The quantitative estimate of drug-likeness (QED) is 0.767. The first-order chi connectivity index (χ1) is 8.60. The molecule has 0 atom stereocenters. The van der Waals surface area contributed by atoms with Crippen LogP contribution >= 0.6 is 0 Å². The van der Waals surface area contributed by atoms with Gasteiger partial charge in [-0.1, -0.05) is 30.3 Å². The number of rotatable bonds is 3. The number of benzene rings is 1. The maximum atomic E-state index is 11.9. The summed E-state index contributed by atoms with van der Waals surface area (Å²) in [5.74, 6) is -0.432. The van der Waals surface area contributed by atoms with Crippen LogP contribution in [0.5, 0.6) is 0 Å². The zero-order valence-corrected chi connectivity index (χ0v) is 10.0. The topological polar surface area (TPSA) is 61.8 Å². The van der Waals surface area contributed by atoms with Crippen LogP contribution in [0.15, 0.2) is 30.3 Å². The Bertz CT molecular complexity index is 430.